The fourth-order valence-corrected chi connectivity index (χ4v) is 4.39. The molecule has 1 N–H and O–H groups in total. The number of aryl methyl sites for hydroxylation is 1. The normalized spacial score (nSPS) is 20.0. The van der Waals surface area contributed by atoms with Crippen LogP contribution in [0.2, 0.25) is 0 Å². The summed E-state index contributed by atoms with van der Waals surface area (Å²) in [5.41, 5.74) is 3.81. The van der Waals surface area contributed by atoms with E-state index in [-0.39, 0.29) is 17.8 Å². The maximum Gasteiger partial charge on any atom is 0.294 e. The predicted octanol–water partition coefficient (Wildman–Crippen LogP) is 3.63. The summed E-state index contributed by atoms with van der Waals surface area (Å²) in [6, 6.07) is 14.9. The van der Waals surface area contributed by atoms with Crippen molar-refractivity contribution in [2.75, 3.05) is 43.0 Å². The van der Waals surface area contributed by atoms with E-state index in [4.69, 9.17) is 0 Å². The third-order valence-electron chi connectivity index (χ3n) is 6.18. The fraction of sp³-hybridized carbons (Fsp3) is 0.360. The number of aliphatic hydroxyl groups is 1. The number of anilines is 2. The molecule has 162 valence electrons. The van der Waals surface area contributed by atoms with Crippen LogP contribution in [0.4, 0.5) is 11.4 Å². The predicted molar refractivity (Wildman–Crippen MR) is 123 cm³/mol. The molecule has 2 aromatic carbocycles. The van der Waals surface area contributed by atoms with Gasteiger partial charge in [0.25, 0.3) is 5.91 Å². The molecule has 1 atom stereocenters. The lowest BCUT2D eigenvalue weighted by Crippen LogP contribution is -2.44. The van der Waals surface area contributed by atoms with Crippen LogP contribution in [0, 0.1) is 6.92 Å². The lowest BCUT2D eigenvalue weighted by molar-refractivity contribution is -0.118. The Morgan fingerprint density at radius 1 is 1.03 bits per heavy atom. The summed E-state index contributed by atoms with van der Waals surface area (Å²) >= 11 is 0. The van der Waals surface area contributed by atoms with Crippen molar-refractivity contribution in [2.45, 2.75) is 26.3 Å². The van der Waals surface area contributed by atoms with Crippen molar-refractivity contribution in [1.29, 1.82) is 0 Å². The number of piperazine rings is 1. The van der Waals surface area contributed by atoms with Crippen LogP contribution in [0.5, 0.6) is 0 Å². The number of Topliss-reactive ketones (excluding diaryl/α,β-unsaturated/α-hetero) is 1. The number of hydrogen-bond acceptors (Lipinski definition) is 5. The van der Waals surface area contributed by atoms with E-state index in [0.717, 1.165) is 43.0 Å². The van der Waals surface area contributed by atoms with Crippen LogP contribution >= 0.6 is 0 Å². The Balaban J connectivity index is 1.70. The number of aliphatic hydroxyl groups excluding tert-OH is 1. The highest BCUT2D eigenvalue weighted by Crippen LogP contribution is 2.41. The van der Waals surface area contributed by atoms with Crippen molar-refractivity contribution >= 4 is 23.1 Å². The molecule has 0 aliphatic carbocycles. The van der Waals surface area contributed by atoms with Crippen LogP contribution in [0.1, 0.15) is 30.5 Å². The third kappa shape index (κ3) is 3.95. The molecule has 6 nitrogen and oxygen atoms in total. The van der Waals surface area contributed by atoms with E-state index in [1.165, 1.54) is 0 Å². The number of carbonyl (C=O) groups is 2. The summed E-state index contributed by atoms with van der Waals surface area (Å²) in [6.07, 6.45) is 0.227. The van der Waals surface area contributed by atoms with Crippen LogP contribution in [-0.2, 0) is 9.59 Å². The average Bonchev–Trinajstić information content (AvgIpc) is 3.04. The number of hydrogen-bond donors (Lipinski definition) is 1. The molecule has 1 unspecified atom stereocenters. The maximum absolute atomic E-state index is 13.1. The first-order valence-corrected chi connectivity index (χ1v) is 10.8. The Morgan fingerprint density at radius 3 is 2.29 bits per heavy atom. The summed E-state index contributed by atoms with van der Waals surface area (Å²) < 4.78 is 0. The number of ketones is 1. The number of nitrogens with zero attached hydrogens (tertiary/aromatic N) is 3. The molecule has 0 radical (unpaired) electrons. The number of rotatable bonds is 5. The summed E-state index contributed by atoms with van der Waals surface area (Å²) in [4.78, 5) is 32.0. The Kier molecular flexibility index (Phi) is 5.83. The molecule has 31 heavy (non-hydrogen) atoms. The molecule has 1 amide bonds. The molecule has 0 saturated carbocycles. The molecule has 2 aromatic rings. The van der Waals surface area contributed by atoms with Gasteiger partial charge >= 0.3 is 0 Å². The van der Waals surface area contributed by atoms with E-state index in [1.807, 2.05) is 55.5 Å². The van der Waals surface area contributed by atoms with Gasteiger partial charge < -0.3 is 14.9 Å². The van der Waals surface area contributed by atoms with E-state index < -0.39 is 17.7 Å². The van der Waals surface area contributed by atoms with Gasteiger partial charge in [0.1, 0.15) is 0 Å². The van der Waals surface area contributed by atoms with E-state index in [9.17, 15) is 14.7 Å². The Labute approximate surface area is 183 Å². The van der Waals surface area contributed by atoms with Crippen LogP contribution in [0.25, 0.3) is 0 Å². The van der Waals surface area contributed by atoms with Gasteiger partial charge in [0.2, 0.25) is 0 Å². The average molecular weight is 420 g/mol. The molecule has 0 bridgehead atoms. The number of benzene rings is 2. The minimum Gasteiger partial charge on any atom is -0.503 e. The Bertz CT molecular complexity index is 1020. The fourth-order valence-electron chi connectivity index (χ4n) is 4.39. The van der Waals surface area contributed by atoms with Gasteiger partial charge in [0.05, 0.1) is 11.6 Å². The second-order valence-corrected chi connectivity index (χ2v) is 8.34. The smallest absolute Gasteiger partial charge is 0.294 e. The molecule has 2 aliphatic heterocycles. The van der Waals surface area contributed by atoms with Gasteiger partial charge in [0, 0.05) is 44.0 Å². The number of amides is 1. The second-order valence-electron chi connectivity index (χ2n) is 8.34. The summed E-state index contributed by atoms with van der Waals surface area (Å²) in [7, 11) is 2.12. The van der Waals surface area contributed by atoms with E-state index in [2.05, 4.69) is 16.8 Å². The summed E-state index contributed by atoms with van der Waals surface area (Å²) in [5.74, 6) is -1.19. The number of likely N-dealkylation sites (N-methyl/N-ethyl adjacent to an activating group) is 1. The van der Waals surface area contributed by atoms with Crippen molar-refractivity contribution < 1.29 is 14.7 Å². The molecule has 6 heteroatoms. The van der Waals surface area contributed by atoms with Crippen LogP contribution < -0.4 is 9.80 Å². The van der Waals surface area contributed by atoms with Crippen LogP contribution in [0.3, 0.4) is 0 Å². The first-order chi connectivity index (χ1) is 14.9. The molecule has 4 rings (SSSR count). The third-order valence-corrected chi connectivity index (χ3v) is 6.18. The molecule has 0 aromatic heterocycles. The zero-order valence-corrected chi connectivity index (χ0v) is 18.3. The molecular weight excluding hydrogens is 390 g/mol. The highest BCUT2D eigenvalue weighted by Gasteiger charge is 2.43. The highest BCUT2D eigenvalue weighted by atomic mass is 16.3. The molecular formula is C25H29N3O3. The Hall–Kier alpha value is -3.12. The molecule has 1 saturated heterocycles. The van der Waals surface area contributed by atoms with Crippen LogP contribution in [-0.4, -0.2) is 54.9 Å². The molecule has 2 aliphatic rings. The van der Waals surface area contributed by atoms with Crippen molar-refractivity contribution in [3.05, 3.63) is 71.0 Å². The van der Waals surface area contributed by atoms with Gasteiger partial charge in [-0.25, -0.2) is 0 Å². The van der Waals surface area contributed by atoms with Gasteiger partial charge in [-0.05, 0) is 43.8 Å². The highest BCUT2D eigenvalue weighted by molar-refractivity contribution is 6.16. The van der Waals surface area contributed by atoms with Gasteiger partial charge in [-0.15, -0.1) is 0 Å². The molecule has 0 spiro atoms. The van der Waals surface area contributed by atoms with E-state index >= 15 is 0 Å². The minimum absolute atomic E-state index is 0.182. The van der Waals surface area contributed by atoms with E-state index in [0.29, 0.717) is 5.69 Å². The quantitative estimate of drug-likeness (QED) is 0.802. The van der Waals surface area contributed by atoms with Crippen molar-refractivity contribution in [3.8, 4) is 0 Å². The van der Waals surface area contributed by atoms with Crippen molar-refractivity contribution in [2.24, 2.45) is 0 Å². The standard InChI is InChI=1S/C25H29N3O3/c1-4-21(29)22-23(18-7-5-6-17(2)16-18)28(25(31)24(22)30)20-10-8-19(9-11-20)27-14-12-26(3)13-15-27/h5-11,16,23,30H,4,12-15H2,1-3H3. The Morgan fingerprint density at radius 2 is 1.68 bits per heavy atom. The first kappa shape index (κ1) is 21.1. The lowest BCUT2D eigenvalue weighted by atomic mass is 9.94. The van der Waals surface area contributed by atoms with Gasteiger partial charge in [-0.3, -0.25) is 14.5 Å². The summed E-state index contributed by atoms with van der Waals surface area (Å²) in [5, 5.41) is 10.6. The summed E-state index contributed by atoms with van der Waals surface area (Å²) in [6.45, 7) is 7.67. The van der Waals surface area contributed by atoms with Crippen molar-refractivity contribution in [3.63, 3.8) is 0 Å². The largest absolute Gasteiger partial charge is 0.503 e. The molecule has 1 fully saturated rings. The van der Waals surface area contributed by atoms with Gasteiger partial charge in [-0.2, -0.15) is 0 Å². The minimum atomic E-state index is -0.630. The van der Waals surface area contributed by atoms with Gasteiger partial charge in [-0.1, -0.05) is 36.8 Å². The topological polar surface area (TPSA) is 64.1 Å². The monoisotopic (exact) mass is 419 g/mol. The SMILES string of the molecule is CCC(=O)C1=C(O)C(=O)N(c2ccc(N3CCN(C)CC3)cc2)C1c1cccc(C)c1. The zero-order chi connectivity index (χ0) is 22.1. The zero-order valence-electron chi connectivity index (χ0n) is 18.3. The van der Waals surface area contributed by atoms with Gasteiger partial charge in [0.15, 0.2) is 11.5 Å². The lowest BCUT2D eigenvalue weighted by Gasteiger charge is -2.34. The second kappa shape index (κ2) is 8.55. The molecule has 2 heterocycles. The maximum atomic E-state index is 13.1. The number of carbonyl (C=O) groups excluding carboxylic acids is 2. The van der Waals surface area contributed by atoms with E-state index in [1.54, 1.807) is 11.8 Å². The first-order valence-electron chi connectivity index (χ1n) is 10.8. The van der Waals surface area contributed by atoms with Crippen molar-refractivity contribution in [1.82, 2.24) is 4.90 Å². The van der Waals surface area contributed by atoms with Crippen LogP contribution in [0.15, 0.2) is 59.9 Å².